The van der Waals surface area contributed by atoms with Gasteiger partial charge in [-0.05, 0) is 6.54 Å². The van der Waals surface area contributed by atoms with Gasteiger partial charge in [-0.15, -0.1) is 11.3 Å². The molecule has 0 amide bonds. The van der Waals surface area contributed by atoms with Crippen molar-refractivity contribution in [2.24, 2.45) is 0 Å². The molecular weight excluding hydrogens is 196 g/mol. The summed E-state index contributed by atoms with van der Waals surface area (Å²) >= 11 is 1.72. The van der Waals surface area contributed by atoms with Crippen LogP contribution in [0.1, 0.15) is 30.5 Å². The lowest BCUT2D eigenvalue weighted by molar-refractivity contribution is 0.184. The average molecular weight is 214 g/mol. The van der Waals surface area contributed by atoms with Gasteiger partial charge in [-0.3, -0.25) is 0 Å². The maximum absolute atomic E-state index is 5.10. The highest BCUT2D eigenvalue weighted by molar-refractivity contribution is 7.09. The summed E-state index contributed by atoms with van der Waals surface area (Å²) < 4.78 is 5.10. The van der Waals surface area contributed by atoms with Gasteiger partial charge in [0.25, 0.3) is 0 Å². The SMILES string of the molecule is CCNCc1csc(C(C)COC)n1. The van der Waals surface area contributed by atoms with E-state index >= 15 is 0 Å². The number of hydrogen-bond acceptors (Lipinski definition) is 4. The first kappa shape index (κ1) is 11.6. The van der Waals surface area contributed by atoms with E-state index in [1.54, 1.807) is 18.4 Å². The number of aromatic nitrogens is 1. The smallest absolute Gasteiger partial charge is 0.0980 e. The molecular formula is C10H18N2OS. The van der Waals surface area contributed by atoms with E-state index in [2.05, 4.69) is 29.5 Å². The summed E-state index contributed by atoms with van der Waals surface area (Å²) in [5, 5.41) is 6.54. The van der Waals surface area contributed by atoms with Crippen LogP contribution < -0.4 is 5.32 Å². The molecule has 80 valence electrons. The molecule has 1 atom stereocenters. The first-order valence-corrected chi connectivity index (χ1v) is 5.79. The largest absolute Gasteiger partial charge is 0.384 e. The third-order valence-corrected chi connectivity index (χ3v) is 3.09. The van der Waals surface area contributed by atoms with Gasteiger partial charge >= 0.3 is 0 Å². The maximum Gasteiger partial charge on any atom is 0.0980 e. The standard InChI is InChI=1S/C10H18N2OS/c1-4-11-5-9-7-14-10(12-9)8(2)6-13-3/h7-8,11H,4-6H2,1-3H3. The van der Waals surface area contributed by atoms with E-state index in [-0.39, 0.29) is 0 Å². The number of nitrogens with one attached hydrogen (secondary N) is 1. The summed E-state index contributed by atoms with van der Waals surface area (Å²) in [6.07, 6.45) is 0. The Labute approximate surface area is 89.5 Å². The summed E-state index contributed by atoms with van der Waals surface area (Å²) in [5.74, 6) is 0.403. The fourth-order valence-corrected chi connectivity index (χ4v) is 2.07. The zero-order valence-electron chi connectivity index (χ0n) is 9.04. The number of methoxy groups -OCH3 is 1. The van der Waals surface area contributed by atoms with Gasteiger partial charge in [-0.25, -0.2) is 4.98 Å². The summed E-state index contributed by atoms with van der Waals surface area (Å²) in [5.41, 5.74) is 1.13. The topological polar surface area (TPSA) is 34.1 Å². The fourth-order valence-electron chi connectivity index (χ4n) is 1.20. The van der Waals surface area contributed by atoms with Crippen molar-refractivity contribution in [3.8, 4) is 0 Å². The zero-order chi connectivity index (χ0) is 10.4. The number of ether oxygens (including phenoxy) is 1. The lowest BCUT2D eigenvalue weighted by Crippen LogP contribution is -2.12. The number of thiazole rings is 1. The van der Waals surface area contributed by atoms with Crippen LogP contribution in [0.25, 0.3) is 0 Å². The lowest BCUT2D eigenvalue weighted by Gasteiger charge is -2.05. The van der Waals surface area contributed by atoms with Crippen molar-refractivity contribution in [1.29, 1.82) is 0 Å². The van der Waals surface area contributed by atoms with Crippen LogP contribution >= 0.6 is 11.3 Å². The van der Waals surface area contributed by atoms with Crippen molar-refractivity contribution in [3.63, 3.8) is 0 Å². The van der Waals surface area contributed by atoms with Crippen molar-refractivity contribution in [2.75, 3.05) is 20.3 Å². The molecule has 0 aliphatic heterocycles. The van der Waals surface area contributed by atoms with Crippen molar-refractivity contribution < 1.29 is 4.74 Å². The number of nitrogens with zero attached hydrogens (tertiary/aromatic N) is 1. The lowest BCUT2D eigenvalue weighted by atomic mass is 10.2. The molecule has 0 radical (unpaired) electrons. The third kappa shape index (κ3) is 3.36. The molecule has 0 fully saturated rings. The molecule has 0 aromatic carbocycles. The Morgan fingerprint density at radius 3 is 3.07 bits per heavy atom. The van der Waals surface area contributed by atoms with E-state index in [1.807, 2.05) is 0 Å². The Balaban J connectivity index is 2.49. The quantitative estimate of drug-likeness (QED) is 0.786. The van der Waals surface area contributed by atoms with Crippen LogP contribution in [0, 0.1) is 0 Å². The molecule has 0 spiro atoms. The molecule has 14 heavy (non-hydrogen) atoms. The Bertz CT molecular complexity index is 262. The monoisotopic (exact) mass is 214 g/mol. The van der Waals surface area contributed by atoms with Crippen LogP contribution in [0.15, 0.2) is 5.38 Å². The van der Waals surface area contributed by atoms with Crippen molar-refractivity contribution in [3.05, 3.63) is 16.1 Å². The zero-order valence-corrected chi connectivity index (χ0v) is 9.86. The van der Waals surface area contributed by atoms with Gasteiger partial charge in [0, 0.05) is 25.0 Å². The molecule has 0 saturated carbocycles. The van der Waals surface area contributed by atoms with E-state index in [1.165, 1.54) is 5.01 Å². The first-order valence-electron chi connectivity index (χ1n) is 4.91. The normalized spacial score (nSPS) is 13.1. The van der Waals surface area contributed by atoms with E-state index in [0.717, 1.165) is 25.4 Å². The van der Waals surface area contributed by atoms with Gasteiger partial charge in [0.2, 0.25) is 0 Å². The molecule has 1 unspecified atom stereocenters. The van der Waals surface area contributed by atoms with Crippen LogP contribution in [-0.2, 0) is 11.3 Å². The predicted molar refractivity (Wildman–Crippen MR) is 59.8 cm³/mol. The molecule has 0 aliphatic carbocycles. The Morgan fingerprint density at radius 1 is 1.64 bits per heavy atom. The van der Waals surface area contributed by atoms with E-state index in [0.29, 0.717) is 5.92 Å². The number of hydrogen-bond donors (Lipinski definition) is 1. The Morgan fingerprint density at radius 2 is 2.43 bits per heavy atom. The maximum atomic E-state index is 5.10. The summed E-state index contributed by atoms with van der Waals surface area (Å²) in [4.78, 5) is 4.54. The minimum atomic E-state index is 0.403. The summed E-state index contributed by atoms with van der Waals surface area (Å²) in [6, 6.07) is 0. The molecule has 0 saturated heterocycles. The van der Waals surface area contributed by atoms with Gasteiger partial charge in [-0.2, -0.15) is 0 Å². The predicted octanol–water partition coefficient (Wildman–Crippen LogP) is 2.00. The average Bonchev–Trinajstić information content (AvgIpc) is 2.63. The van der Waals surface area contributed by atoms with Crippen molar-refractivity contribution >= 4 is 11.3 Å². The second kappa shape index (κ2) is 6.11. The van der Waals surface area contributed by atoms with Crippen LogP contribution in [0.5, 0.6) is 0 Å². The molecule has 1 aromatic rings. The van der Waals surface area contributed by atoms with E-state index in [9.17, 15) is 0 Å². The molecule has 3 nitrogen and oxygen atoms in total. The van der Waals surface area contributed by atoms with Crippen molar-refractivity contribution in [2.45, 2.75) is 26.3 Å². The van der Waals surface area contributed by atoms with E-state index < -0.39 is 0 Å². The highest BCUT2D eigenvalue weighted by Gasteiger charge is 2.09. The van der Waals surface area contributed by atoms with E-state index in [4.69, 9.17) is 4.74 Å². The molecule has 1 rings (SSSR count). The van der Waals surface area contributed by atoms with Crippen LogP contribution in [-0.4, -0.2) is 25.2 Å². The molecule has 4 heteroatoms. The van der Waals surface area contributed by atoms with Gasteiger partial charge < -0.3 is 10.1 Å². The summed E-state index contributed by atoms with van der Waals surface area (Å²) in [6.45, 7) is 6.83. The molecule has 0 bridgehead atoms. The Hall–Kier alpha value is -0.450. The number of rotatable bonds is 6. The second-order valence-corrected chi connectivity index (χ2v) is 4.20. The minimum Gasteiger partial charge on any atom is -0.384 e. The fraction of sp³-hybridized carbons (Fsp3) is 0.700. The highest BCUT2D eigenvalue weighted by atomic mass is 32.1. The van der Waals surface area contributed by atoms with Crippen LogP contribution in [0.4, 0.5) is 0 Å². The minimum absolute atomic E-state index is 0.403. The molecule has 1 N–H and O–H groups in total. The molecule has 1 aromatic heterocycles. The first-order chi connectivity index (χ1) is 6.77. The summed E-state index contributed by atoms with van der Waals surface area (Å²) in [7, 11) is 1.73. The van der Waals surface area contributed by atoms with Gasteiger partial charge in [0.1, 0.15) is 0 Å². The van der Waals surface area contributed by atoms with Gasteiger partial charge in [0.15, 0.2) is 0 Å². The van der Waals surface area contributed by atoms with Crippen LogP contribution in [0.3, 0.4) is 0 Å². The highest BCUT2D eigenvalue weighted by Crippen LogP contribution is 2.19. The second-order valence-electron chi connectivity index (χ2n) is 3.31. The molecule has 1 heterocycles. The van der Waals surface area contributed by atoms with Crippen LogP contribution in [0.2, 0.25) is 0 Å². The van der Waals surface area contributed by atoms with Gasteiger partial charge in [0.05, 0.1) is 17.3 Å². The van der Waals surface area contributed by atoms with Crippen molar-refractivity contribution in [1.82, 2.24) is 10.3 Å². The van der Waals surface area contributed by atoms with Gasteiger partial charge in [-0.1, -0.05) is 13.8 Å². The molecule has 0 aliphatic rings. The Kier molecular flexibility index (Phi) is 5.07. The third-order valence-electron chi connectivity index (χ3n) is 1.96.